The van der Waals surface area contributed by atoms with Crippen molar-refractivity contribution in [2.75, 3.05) is 5.32 Å². The molecule has 0 bridgehead atoms. The minimum atomic E-state index is -0.311. The largest absolute Gasteiger partial charge is 0.347 e. The zero-order valence-corrected chi connectivity index (χ0v) is 15.0. The van der Waals surface area contributed by atoms with E-state index in [1.165, 1.54) is 0 Å². The van der Waals surface area contributed by atoms with Gasteiger partial charge in [-0.1, -0.05) is 18.2 Å². The van der Waals surface area contributed by atoms with Crippen LogP contribution in [0, 0.1) is 0 Å². The molecule has 0 spiro atoms. The third-order valence-electron chi connectivity index (χ3n) is 3.78. The number of carbonyl (C=O) groups excluding carboxylic acids is 2. The van der Waals surface area contributed by atoms with Crippen LogP contribution in [0.25, 0.3) is 10.9 Å². The second-order valence-electron chi connectivity index (χ2n) is 7.12. The third-order valence-corrected chi connectivity index (χ3v) is 3.78. The van der Waals surface area contributed by atoms with Crippen LogP contribution in [0.2, 0.25) is 0 Å². The van der Waals surface area contributed by atoms with Gasteiger partial charge in [-0.3, -0.25) is 14.6 Å². The molecule has 0 atom stereocenters. The van der Waals surface area contributed by atoms with E-state index in [9.17, 15) is 9.59 Å². The summed E-state index contributed by atoms with van der Waals surface area (Å²) in [5, 5.41) is 6.74. The van der Waals surface area contributed by atoms with E-state index in [4.69, 9.17) is 0 Å². The molecule has 0 fully saturated rings. The molecule has 1 aromatic heterocycles. The van der Waals surface area contributed by atoms with Crippen molar-refractivity contribution in [2.45, 2.75) is 26.3 Å². The molecule has 0 unspecified atom stereocenters. The summed E-state index contributed by atoms with van der Waals surface area (Å²) in [7, 11) is 0. The molecule has 0 aliphatic heterocycles. The number of para-hydroxylation sites is 1. The number of nitrogens with zero attached hydrogens (tertiary/aromatic N) is 1. The fraction of sp³-hybridized carbons (Fsp3) is 0.190. The first-order valence-electron chi connectivity index (χ1n) is 8.41. The molecule has 3 aromatic rings. The van der Waals surface area contributed by atoms with Crippen molar-refractivity contribution in [1.29, 1.82) is 0 Å². The number of rotatable bonds is 3. The van der Waals surface area contributed by atoms with Crippen LogP contribution in [-0.4, -0.2) is 22.3 Å². The van der Waals surface area contributed by atoms with Gasteiger partial charge in [-0.05, 0) is 57.2 Å². The molecule has 5 nitrogen and oxygen atoms in total. The highest BCUT2D eigenvalue weighted by atomic mass is 16.2. The Bertz CT molecular complexity index is 952. The van der Waals surface area contributed by atoms with Crippen molar-refractivity contribution in [2.24, 2.45) is 0 Å². The molecule has 26 heavy (non-hydrogen) atoms. The number of benzene rings is 2. The van der Waals surface area contributed by atoms with Gasteiger partial charge in [0, 0.05) is 28.2 Å². The Hall–Kier alpha value is -3.21. The van der Waals surface area contributed by atoms with Crippen LogP contribution in [0.15, 0.2) is 60.8 Å². The van der Waals surface area contributed by atoms with Gasteiger partial charge >= 0.3 is 0 Å². The van der Waals surface area contributed by atoms with Gasteiger partial charge in [-0.15, -0.1) is 0 Å². The highest BCUT2D eigenvalue weighted by Crippen LogP contribution is 2.21. The van der Waals surface area contributed by atoms with Gasteiger partial charge in [0.25, 0.3) is 11.8 Å². The van der Waals surface area contributed by atoms with E-state index in [1.54, 1.807) is 30.5 Å². The Balaban J connectivity index is 1.77. The summed E-state index contributed by atoms with van der Waals surface area (Å²) in [6.45, 7) is 5.76. The number of amides is 2. The van der Waals surface area contributed by atoms with Gasteiger partial charge in [0.2, 0.25) is 0 Å². The van der Waals surface area contributed by atoms with E-state index >= 15 is 0 Å². The highest BCUT2D eigenvalue weighted by molar-refractivity contribution is 6.08. The van der Waals surface area contributed by atoms with Crippen molar-refractivity contribution in [3.8, 4) is 0 Å². The van der Waals surface area contributed by atoms with E-state index in [0.29, 0.717) is 16.8 Å². The van der Waals surface area contributed by atoms with E-state index < -0.39 is 0 Å². The number of hydrogen-bond donors (Lipinski definition) is 2. The van der Waals surface area contributed by atoms with Crippen molar-refractivity contribution in [1.82, 2.24) is 10.3 Å². The Labute approximate surface area is 152 Å². The van der Waals surface area contributed by atoms with Crippen molar-refractivity contribution in [3.63, 3.8) is 0 Å². The number of aromatic nitrogens is 1. The molecule has 0 aliphatic carbocycles. The molecular weight excluding hydrogens is 326 g/mol. The minimum Gasteiger partial charge on any atom is -0.347 e. The third kappa shape index (κ3) is 4.06. The molecular formula is C21H21N3O2. The Kier molecular flexibility index (Phi) is 4.71. The van der Waals surface area contributed by atoms with Gasteiger partial charge in [0.15, 0.2) is 0 Å². The molecule has 1 heterocycles. The number of pyridine rings is 1. The number of anilines is 1. The summed E-state index contributed by atoms with van der Waals surface area (Å²) in [6.07, 6.45) is 1.70. The Morgan fingerprint density at radius 1 is 0.846 bits per heavy atom. The summed E-state index contributed by atoms with van der Waals surface area (Å²) in [6, 6.07) is 16.0. The summed E-state index contributed by atoms with van der Waals surface area (Å²) < 4.78 is 0. The van der Waals surface area contributed by atoms with Gasteiger partial charge in [-0.25, -0.2) is 0 Å². The predicted octanol–water partition coefficient (Wildman–Crippen LogP) is 4.02. The normalized spacial score (nSPS) is 11.2. The maximum Gasteiger partial charge on any atom is 0.255 e. The lowest BCUT2D eigenvalue weighted by molar-refractivity contribution is 0.0918. The average molecular weight is 347 g/mol. The van der Waals surface area contributed by atoms with Crippen LogP contribution in [0.1, 0.15) is 41.5 Å². The SMILES string of the molecule is CC(C)(C)NC(=O)c1ccc(C(=O)Nc2cccc3cccnc23)cc1. The van der Waals surface area contributed by atoms with Gasteiger partial charge in [0.1, 0.15) is 0 Å². The molecule has 2 N–H and O–H groups in total. The van der Waals surface area contributed by atoms with Crippen LogP contribution >= 0.6 is 0 Å². The standard InChI is InChI=1S/C21H21N3O2/c1-21(2,3)24-20(26)16-11-9-15(10-12-16)19(25)23-17-8-4-6-14-7-5-13-22-18(14)17/h4-13H,1-3H3,(H,23,25)(H,24,26). The van der Waals surface area contributed by atoms with Crippen molar-refractivity contribution < 1.29 is 9.59 Å². The quantitative estimate of drug-likeness (QED) is 0.752. The second kappa shape index (κ2) is 6.96. The van der Waals surface area contributed by atoms with E-state index in [2.05, 4.69) is 15.6 Å². The Morgan fingerprint density at radius 3 is 2.12 bits per heavy atom. The zero-order valence-electron chi connectivity index (χ0n) is 15.0. The number of carbonyl (C=O) groups is 2. The Morgan fingerprint density at radius 2 is 1.46 bits per heavy atom. The first-order valence-corrected chi connectivity index (χ1v) is 8.41. The maximum atomic E-state index is 12.5. The van der Waals surface area contributed by atoms with Crippen molar-refractivity contribution in [3.05, 3.63) is 71.9 Å². The predicted molar refractivity (Wildman–Crippen MR) is 103 cm³/mol. The van der Waals surface area contributed by atoms with E-state index in [-0.39, 0.29) is 17.4 Å². The molecule has 0 saturated heterocycles. The molecule has 2 amide bonds. The molecule has 0 radical (unpaired) electrons. The second-order valence-corrected chi connectivity index (χ2v) is 7.12. The molecule has 5 heteroatoms. The highest BCUT2D eigenvalue weighted by Gasteiger charge is 2.16. The van der Waals surface area contributed by atoms with Crippen LogP contribution in [-0.2, 0) is 0 Å². The van der Waals surface area contributed by atoms with Crippen LogP contribution in [0.5, 0.6) is 0 Å². The molecule has 2 aromatic carbocycles. The zero-order chi connectivity index (χ0) is 18.7. The van der Waals surface area contributed by atoms with Crippen LogP contribution in [0.4, 0.5) is 5.69 Å². The van der Waals surface area contributed by atoms with E-state index in [1.807, 2.05) is 51.1 Å². The van der Waals surface area contributed by atoms with Gasteiger partial charge in [-0.2, -0.15) is 0 Å². The molecule has 132 valence electrons. The van der Waals surface area contributed by atoms with Gasteiger partial charge < -0.3 is 10.6 Å². The average Bonchev–Trinajstić information content (AvgIpc) is 2.61. The summed E-state index contributed by atoms with van der Waals surface area (Å²) in [4.78, 5) is 29.0. The molecule has 0 aliphatic rings. The lowest BCUT2D eigenvalue weighted by Gasteiger charge is -2.20. The van der Waals surface area contributed by atoms with Crippen molar-refractivity contribution >= 4 is 28.4 Å². The van der Waals surface area contributed by atoms with Crippen LogP contribution < -0.4 is 10.6 Å². The van der Waals surface area contributed by atoms with E-state index in [0.717, 1.165) is 10.9 Å². The number of fused-ring (bicyclic) bond motifs is 1. The minimum absolute atomic E-state index is 0.164. The monoisotopic (exact) mass is 347 g/mol. The lowest BCUT2D eigenvalue weighted by Crippen LogP contribution is -2.40. The first kappa shape index (κ1) is 17.6. The summed E-state index contributed by atoms with van der Waals surface area (Å²) in [5.74, 6) is -0.409. The summed E-state index contributed by atoms with van der Waals surface area (Å²) >= 11 is 0. The lowest BCUT2D eigenvalue weighted by atomic mass is 10.1. The number of hydrogen-bond acceptors (Lipinski definition) is 3. The smallest absolute Gasteiger partial charge is 0.255 e. The molecule has 0 saturated carbocycles. The fourth-order valence-electron chi connectivity index (χ4n) is 2.59. The topological polar surface area (TPSA) is 71.1 Å². The maximum absolute atomic E-state index is 12.5. The fourth-order valence-corrected chi connectivity index (χ4v) is 2.59. The number of nitrogens with one attached hydrogen (secondary N) is 2. The summed E-state index contributed by atoms with van der Waals surface area (Å²) in [5.41, 5.74) is 2.08. The molecule has 3 rings (SSSR count). The van der Waals surface area contributed by atoms with Gasteiger partial charge in [0.05, 0.1) is 11.2 Å². The van der Waals surface area contributed by atoms with Crippen LogP contribution in [0.3, 0.4) is 0 Å². The first-order chi connectivity index (χ1) is 12.3.